The van der Waals surface area contributed by atoms with Crippen molar-refractivity contribution in [3.63, 3.8) is 0 Å². The van der Waals surface area contributed by atoms with Crippen molar-refractivity contribution in [2.75, 3.05) is 0 Å². The average molecular weight is 104 g/mol. The number of aromatic nitrogens is 1. The van der Waals surface area contributed by atoms with Gasteiger partial charge >= 0.3 is 0 Å². The fourth-order valence-corrected chi connectivity index (χ4v) is 0.408. The van der Waals surface area contributed by atoms with Gasteiger partial charge in [0.25, 0.3) is 0 Å². The van der Waals surface area contributed by atoms with Crippen LogP contribution >= 0.6 is 0 Å². The molecule has 8 heavy (non-hydrogen) atoms. The Balaban J connectivity index is 3.03. The molecule has 0 spiro atoms. The second kappa shape index (κ2) is 1.95. The predicted molar refractivity (Wildman–Crippen MR) is 30.2 cm³/mol. The van der Waals surface area contributed by atoms with Gasteiger partial charge in [0.05, 0.1) is 6.20 Å². The van der Waals surface area contributed by atoms with Crippen LogP contribution in [0.2, 0.25) is 0 Å². The maximum absolute atomic E-state index is 3.87. The van der Waals surface area contributed by atoms with Crippen LogP contribution in [0.15, 0.2) is 0 Å². The molecule has 0 saturated heterocycles. The Bertz CT molecular complexity index is 143. The highest BCUT2D eigenvalue weighted by Gasteiger charge is 1.84. The van der Waals surface area contributed by atoms with Crippen molar-refractivity contribution in [3.8, 4) is 0 Å². The van der Waals surface area contributed by atoms with E-state index >= 15 is 0 Å². The van der Waals surface area contributed by atoms with E-state index in [4.69, 9.17) is 0 Å². The lowest BCUT2D eigenvalue weighted by atomic mass is 10.3. The van der Waals surface area contributed by atoms with Crippen molar-refractivity contribution in [1.29, 1.82) is 0 Å². The first-order valence-electron chi connectivity index (χ1n) is 2.45. The predicted octanol–water partition coefficient (Wildman–Crippen LogP) is 1.10. The zero-order chi connectivity index (χ0) is 5.98. The van der Waals surface area contributed by atoms with Crippen molar-refractivity contribution in [3.05, 3.63) is 29.6 Å². The largest absolute Gasteiger partial charge is 0.251 e. The summed E-state index contributed by atoms with van der Waals surface area (Å²) in [7, 11) is 0. The lowest BCUT2D eigenvalue weighted by molar-refractivity contribution is 1.15. The third-order valence-corrected chi connectivity index (χ3v) is 0.822. The van der Waals surface area contributed by atoms with Crippen molar-refractivity contribution in [2.24, 2.45) is 0 Å². The second-order valence-electron chi connectivity index (χ2n) is 1.68. The summed E-state index contributed by atoms with van der Waals surface area (Å²) in [6.45, 7) is 3.76. The van der Waals surface area contributed by atoms with E-state index in [0.717, 1.165) is 11.3 Å². The number of rotatable bonds is 0. The van der Waals surface area contributed by atoms with Crippen molar-refractivity contribution < 1.29 is 0 Å². The van der Waals surface area contributed by atoms with E-state index < -0.39 is 0 Å². The first-order chi connectivity index (χ1) is 3.79. The number of aryl methyl sites for hydroxylation is 2. The van der Waals surface area contributed by atoms with Crippen LogP contribution < -0.4 is 0 Å². The summed E-state index contributed by atoms with van der Waals surface area (Å²) in [6.07, 6.45) is 2.76. The third kappa shape index (κ3) is 1.06. The molecule has 1 aromatic heterocycles. The molecule has 0 unspecified atom stereocenters. The van der Waals surface area contributed by atoms with Gasteiger partial charge in [-0.3, -0.25) is 4.98 Å². The minimum absolute atomic E-state index is 0.843. The van der Waals surface area contributed by atoms with Gasteiger partial charge in [0, 0.05) is 11.8 Å². The molecule has 1 heterocycles. The molecule has 0 saturated carbocycles. The van der Waals surface area contributed by atoms with Gasteiger partial charge in [-0.1, -0.05) is 0 Å². The molecule has 3 radical (unpaired) electrons. The van der Waals surface area contributed by atoms with E-state index in [1.165, 1.54) is 0 Å². The topological polar surface area (TPSA) is 12.9 Å². The first-order valence-corrected chi connectivity index (χ1v) is 2.45. The summed E-state index contributed by atoms with van der Waals surface area (Å²) in [5, 5.41) is 0. The van der Waals surface area contributed by atoms with Crippen LogP contribution in [0.4, 0.5) is 0 Å². The van der Waals surface area contributed by atoms with Crippen LogP contribution in [0.25, 0.3) is 0 Å². The Morgan fingerprint density at radius 1 is 1.25 bits per heavy atom. The van der Waals surface area contributed by atoms with Gasteiger partial charge in [-0.05, 0) is 25.5 Å². The minimum atomic E-state index is 0.843. The Morgan fingerprint density at radius 2 is 2.00 bits per heavy atom. The molecular weight excluding hydrogens is 98.1 g/mol. The SMILES string of the molecule is Cc1[c][c]c(C)n[c]1. The summed E-state index contributed by atoms with van der Waals surface area (Å²) < 4.78 is 0. The molecule has 0 N–H and O–H groups in total. The fraction of sp³-hybridized carbons (Fsp3) is 0.286. The van der Waals surface area contributed by atoms with E-state index in [1.807, 2.05) is 13.8 Å². The molecule has 1 nitrogen and oxygen atoms in total. The first kappa shape index (κ1) is 5.29. The van der Waals surface area contributed by atoms with Gasteiger partial charge in [0.2, 0.25) is 0 Å². The van der Waals surface area contributed by atoms with Gasteiger partial charge in [0.1, 0.15) is 0 Å². The molecule has 1 rings (SSSR count). The van der Waals surface area contributed by atoms with E-state index in [0.29, 0.717) is 0 Å². The molecule has 0 aliphatic rings. The minimum Gasteiger partial charge on any atom is -0.251 e. The zero-order valence-electron chi connectivity index (χ0n) is 4.95. The van der Waals surface area contributed by atoms with Crippen LogP contribution in [-0.4, -0.2) is 4.98 Å². The van der Waals surface area contributed by atoms with Gasteiger partial charge in [-0.25, -0.2) is 0 Å². The monoisotopic (exact) mass is 104 g/mol. The van der Waals surface area contributed by atoms with E-state index in [2.05, 4.69) is 23.3 Å². The average Bonchev–Trinajstić information content (AvgIpc) is 1.77. The highest BCUT2D eigenvalue weighted by Crippen LogP contribution is 1.91. The Kier molecular flexibility index (Phi) is 1.29. The number of nitrogens with zero attached hydrogens (tertiary/aromatic N) is 1. The maximum Gasteiger partial charge on any atom is 0.0928 e. The Morgan fingerprint density at radius 3 is 2.38 bits per heavy atom. The molecule has 0 amide bonds. The highest BCUT2D eigenvalue weighted by atomic mass is 14.6. The quantitative estimate of drug-likeness (QED) is 0.480. The lowest BCUT2D eigenvalue weighted by Gasteiger charge is -1.86. The fourth-order valence-electron chi connectivity index (χ4n) is 0.408. The van der Waals surface area contributed by atoms with Gasteiger partial charge in [0.15, 0.2) is 0 Å². The third-order valence-electron chi connectivity index (χ3n) is 0.822. The molecule has 0 aliphatic carbocycles. The van der Waals surface area contributed by atoms with Crippen LogP contribution in [0.1, 0.15) is 11.3 Å². The summed E-state index contributed by atoms with van der Waals surface area (Å²) in [4.78, 5) is 3.87. The maximum atomic E-state index is 3.87. The summed E-state index contributed by atoms with van der Waals surface area (Å²) in [5.41, 5.74) is 1.76. The molecule has 0 bridgehead atoms. The van der Waals surface area contributed by atoms with Gasteiger partial charge < -0.3 is 0 Å². The van der Waals surface area contributed by atoms with E-state index in [1.54, 1.807) is 0 Å². The molecule has 0 fully saturated rings. The molecule has 0 aromatic carbocycles. The molecule has 39 valence electrons. The Labute approximate surface area is 49.4 Å². The van der Waals surface area contributed by atoms with Crippen molar-refractivity contribution in [1.82, 2.24) is 4.98 Å². The smallest absolute Gasteiger partial charge is 0.0928 e. The van der Waals surface area contributed by atoms with Crippen LogP contribution in [0.5, 0.6) is 0 Å². The lowest BCUT2D eigenvalue weighted by Crippen LogP contribution is -1.80. The van der Waals surface area contributed by atoms with Crippen LogP contribution in [0.3, 0.4) is 0 Å². The summed E-state index contributed by atoms with van der Waals surface area (Å²) >= 11 is 0. The second-order valence-corrected chi connectivity index (χ2v) is 1.68. The Hall–Kier alpha value is -0.850. The normalized spacial score (nSPS) is 9.25. The van der Waals surface area contributed by atoms with Gasteiger partial charge in [-0.15, -0.1) is 0 Å². The van der Waals surface area contributed by atoms with Crippen LogP contribution in [0, 0.1) is 32.2 Å². The molecular formula is C7H6N. The molecule has 0 atom stereocenters. The number of hydrogen-bond donors (Lipinski definition) is 0. The summed E-state index contributed by atoms with van der Waals surface area (Å²) in [5.74, 6) is 0. The molecule has 1 heteroatoms. The molecule has 1 aromatic rings. The highest BCUT2D eigenvalue weighted by molar-refractivity contribution is 5.05. The van der Waals surface area contributed by atoms with Gasteiger partial charge in [-0.2, -0.15) is 0 Å². The standard InChI is InChI=1S/C7H6N/c1-6-3-4-7(2)8-5-6/h1-2H3. The number of hydrogen-bond acceptors (Lipinski definition) is 1. The summed E-state index contributed by atoms with van der Waals surface area (Å²) in [6, 6.07) is 5.69. The zero-order valence-corrected chi connectivity index (χ0v) is 4.95. The van der Waals surface area contributed by atoms with Crippen molar-refractivity contribution >= 4 is 0 Å². The van der Waals surface area contributed by atoms with E-state index in [9.17, 15) is 0 Å². The van der Waals surface area contributed by atoms with E-state index in [-0.39, 0.29) is 0 Å². The van der Waals surface area contributed by atoms with Crippen LogP contribution in [-0.2, 0) is 0 Å². The molecule has 0 aliphatic heterocycles. The van der Waals surface area contributed by atoms with Crippen molar-refractivity contribution in [2.45, 2.75) is 13.8 Å². The number of pyridine rings is 1.